The lowest BCUT2D eigenvalue weighted by Gasteiger charge is -2.41. The maximum absolute atomic E-state index is 13.6. The molecule has 1 unspecified atom stereocenters. The third-order valence-corrected chi connectivity index (χ3v) is 12.2. The van der Waals surface area contributed by atoms with E-state index < -0.39 is 8.32 Å². The molecule has 1 heterocycles. The molecule has 1 amide bonds. The van der Waals surface area contributed by atoms with Crippen LogP contribution >= 0.6 is 0 Å². The second kappa shape index (κ2) is 14.3. The van der Waals surface area contributed by atoms with E-state index in [4.69, 9.17) is 14.5 Å². The molecular weight excluding hydrogens is 542 g/mol. The second-order valence-electron chi connectivity index (χ2n) is 12.2. The number of rotatable bonds is 12. The van der Waals surface area contributed by atoms with Crippen LogP contribution in [0.4, 0.5) is 4.79 Å². The van der Waals surface area contributed by atoms with Gasteiger partial charge in [0.15, 0.2) is 8.32 Å². The lowest BCUT2D eigenvalue weighted by Crippen LogP contribution is -2.46. The molecule has 0 spiro atoms. The summed E-state index contributed by atoms with van der Waals surface area (Å²) in [6, 6.07) is 28.6. The van der Waals surface area contributed by atoms with Gasteiger partial charge >= 0.3 is 6.09 Å². The van der Waals surface area contributed by atoms with Gasteiger partial charge in [0.25, 0.3) is 0 Å². The lowest BCUT2D eigenvalue weighted by molar-refractivity contribution is -0.284. The normalized spacial score (nSPS) is 16.0. The average Bonchev–Trinajstić information content (AvgIpc) is 2.99. The molecule has 0 radical (unpaired) electrons. The Hall–Kier alpha value is -3.23. The van der Waals surface area contributed by atoms with Crippen molar-refractivity contribution in [3.8, 4) is 11.1 Å². The Labute approximate surface area is 252 Å². The van der Waals surface area contributed by atoms with Crippen LogP contribution in [0.1, 0.15) is 51.2 Å². The van der Waals surface area contributed by atoms with E-state index in [-0.39, 0.29) is 30.4 Å². The summed E-state index contributed by atoms with van der Waals surface area (Å²) in [5.41, 5.74) is 6.52. The van der Waals surface area contributed by atoms with E-state index in [1.165, 1.54) is 5.57 Å². The first-order valence-corrected chi connectivity index (χ1v) is 17.8. The van der Waals surface area contributed by atoms with Gasteiger partial charge in [0.05, 0.1) is 6.61 Å². The van der Waals surface area contributed by atoms with Gasteiger partial charge in [-0.25, -0.2) is 14.6 Å². The molecule has 4 rings (SSSR count). The summed E-state index contributed by atoms with van der Waals surface area (Å²) >= 11 is 0. The number of hydrogen-bond acceptors (Lipinski definition) is 5. The number of ether oxygens (including phenoxy) is 1. The molecular formula is C35H45NO5Si. The molecule has 1 N–H and O–H groups in total. The first-order valence-electron chi connectivity index (χ1n) is 14.9. The van der Waals surface area contributed by atoms with Crippen molar-refractivity contribution in [2.24, 2.45) is 0 Å². The van der Waals surface area contributed by atoms with E-state index in [1.807, 2.05) is 73.4 Å². The van der Waals surface area contributed by atoms with Crippen LogP contribution in [-0.4, -0.2) is 49.9 Å². The molecule has 0 saturated carbocycles. The molecule has 0 aromatic heterocycles. The summed E-state index contributed by atoms with van der Waals surface area (Å²) in [6.07, 6.45) is 1.88. The Bertz CT molecular complexity index is 1330. The maximum atomic E-state index is 13.6. The summed E-state index contributed by atoms with van der Waals surface area (Å²) in [4.78, 5) is 37.3. The minimum absolute atomic E-state index is 0.0878. The molecule has 0 fully saturated rings. The predicted molar refractivity (Wildman–Crippen MR) is 171 cm³/mol. The summed E-state index contributed by atoms with van der Waals surface area (Å²) in [6.45, 7) is 11.4. The molecule has 0 bridgehead atoms. The number of hydrogen-bond donors (Lipinski definition) is 1. The molecule has 6 nitrogen and oxygen atoms in total. The highest BCUT2D eigenvalue weighted by Crippen LogP contribution is 2.43. The Morgan fingerprint density at radius 1 is 0.905 bits per heavy atom. The van der Waals surface area contributed by atoms with Crippen molar-refractivity contribution in [2.75, 3.05) is 19.8 Å². The molecule has 1 aliphatic heterocycles. The van der Waals surface area contributed by atoms with Gasteiger partial charge in [-0.15, -0.1) is 0 Å². The van der Waals surface area contributed by atoms with Crippen LogP contribution in [0.5, 0.6) is 0 Å². The van der Waals surface area contributed by atoms with Crippen molar-refractivity contribution in [1.29, 1.82) is 0 Å². The fourth-order valence-electron chi connectivity index (χ4n) is 5.20. The molecule has 0 aliphatic carbocycles. The van der Waals surface area contributed by atoms with Gasteiger partial charge in [-0.2, -0.15) is 0 Å². The fraction of sp³-hybridized carbons (Fsp3) is 0.400. The minimum Gasteiger partial charge on any atom is -0.445 e. The van der Waals surface area contributed by atoms with Crippen molar-refractivity contribution in [3.05, 3.63) is 102 Å². The molecule has 7 heteroatoms. The Morgan fingerprint density at radius 2 is 1.55 bits per heavy atom. The van der Waals surface area contributed by atoms with E-state index in [9.17, 15) is 9.59 Å². The van der Waals surface area contributed by atoms with Gasteiger partial charge < -0.3 is 14.4 Å². The Kier molecular flexibility index (Phi) is 10.8. The van der Waals surface area contributed by atoms with Gasteiger partial charge in [0.2, 0.25) is 0 Å². The Morgan fingerprint density at radius 3 is 2.21 bits per heavy atom. The van der Waals surface area contributed by atoms with Crippen LogP contribution in [0, 0.1) is 0 Å². The molecule has 1 atom stereocenters. The SMILES string of the molecule is CCOOCC1=C(c2cccc(-c3ccccc3)c2)CC(CCC(C)(C)[Si](C)(C)O)N(C(=O)OCc2ccccc2)C1. The van der Waals surface area contributed by atoms with Crippen LogP contribution in [0.3, 0.4) is 0 Å². The van der Waals surface area contributed by atoms with Crippen molar-refractivity contribution >= 4 is 20.0 Å². The smallest absolute Gasteiger partial charge is 0.410 e. The molecule has 224 valence electrons. The van der Waals surface area contributed by atoms with Crippen LogP contribution < -0.4 is 0 Å². The zero-order valence-corrected chi connectivity index (χ0v) is 26.6. The maximum Gasteiger partial charge on any atom is 0.410 e. The van der Waals surface area contributed by atoms with Crippen LogP contribution in [0.2, 0.25) is 18.1 Å². The van der Waals surface area contributed by atoms with Crippen molar-refractivity contribution in [1.82, 2.24) is 4.90 Å². The second-order valence-corrected chi connectivity index (χ2v) is 16.7. The highest BCUT2D eigenvalue weighted by atomic mass is 28.4. The monoisotopic (exact) mass is 587 g/mol. The third kappa shape index (κ3) is 8.19. The molecule has 3 aromatic rings. The van der Waals surface area contributed by atoms with Crippen molar-refractivity contribution in [2.45, 2.75) is 70.8 Å². The van der Waals surface area contributed by atoms with Gasteiger partial charge in [-0.1, -0.05) is 92.7 Å². The number of nitrogens with zero attached hydrogens (tertiary/aromatic N) is 1. The highest BCUT2D eigenvalue weighted by Gasteiger charge is 2.40. The average molecular weight is 588 g/mol. The molecule has 42 heavy (non-hydrogen) atoms. The van der Waals surface area contributed by atoms with Crippen molar-refractivity contribution in [3.63, 3.8) is 0 Å². The molecule has 1 aliphatic rings. The minimum atomic E-state index is -2.42. The van der Waals surface area contributed by atoms with Crippen LogP contribution in [0.25, 0.3) is 16.7 Å². The summed E-state index contributed by atoms with van der Waals surface area (Å²) in [5.74, 6) is 0. The van der Waals surface area contributed by atoms with Gasteiger partial charge in [-0.3, -0.25) is 0 Å². The largest absolute Gasteiger partial charge is 0.445 e. The van der Waals surface area contributed by atoms with Crippen molar-refractivity contribution < 1.29 is 24.1 Å². The van der Waals surface area contributed by atoms with E-state index in [0.717, 1.165) is 40.7 Å². The van der Waals surface area contributed by atoms with E-state index >= 15 is 0 Å². The summed E-state index contributed by atoms with van der Waals surface area (Å²) < 4.78 is 5.84. The Balaban J connectivity index is 1.67. The van der Waals surface area contributed by atoms with Gasteiger partial charge in [0.1, 0.15) is 13.2 Å². The van der Waals surface area contributed by atoms with Gasteiger partial charge in [-0.05, 0) is 83.8 Å². The topological polar surface area (TPSA) is 68.2 Å². The first kappa shape index (κ1) is 31.7. The van der Waals surface area contributed by atoms with E-state index in [2.05, 4.69) is 50.2 Å². The highest BCUT2D eigenvalue weighted by molar-refractivity contribution is 6.72. The van der Waals surface area contributed by atoms with Gasteiger partial charge in [0, 0.05) is 12.6 Å². The molecule has 3 aromatic carbocycles. The third-order valence-electron chi connectivity index (χ3n) is 8.62. The van der Waals surface area contributed by atoms with Crippen LogP contribution in [-0.2, 0) is 21.1 Å². The zero-order valence-electron chi connectivity index (χ0n) is 25.6. The number of benzene rings is 3. The number of carbonyl (C=O) groups is 1. The number of amides is 1. The fourth-order valence-corrected chi connectivity index (χ4v) is 5.95. The quantitative estimate of drug-likeness (QED) is 0.100. The summed E-state index contributed by atoms with van der Waals surface area (Å²) in [7, 11) is -2.42. The van der Waals surface area contributed by atoms with Crippen LogP contribution in [0.15, 0.2) is 90.5 Å². The zero-order chi connectivity index (χ0) is 30.2. The van der Waals surface area contributed by atoms with E-state index in [0.29, 0.717) is 19.6 Å². The standard InChI is InChI=1S/C35H45NO5Si/c1-6-40-41-26-31-24-36(34(37)39-25-27-14-9-7-10-15-27)32(20-21-35(2,3)42(4,5)38)23-33(31)30-19-13-18-29(22-30)28-16-11-8-12-17-28/h7-19,22,32,38H,6,20-21,23-26H2,1-5H3. The first-order chi connectivity index (χ1) is 20.1. The molecule has 0 saturated heterocycles. The lowest BCUT2D eigenvalue weighted by atomic mass is 9.85. The predicted octanol–water partition coefficient (Wildman–Crippen LogP) is 8.24. The summed E-state index contributed by atoms with van der Waals surface area (Å²) in [5, 5.41) is -0.206. The number of carbonyl (C=O) groups excluding carboxylic acids is 1. The van der Waals surface area contributed by atoms with E-state index in [1.54, 1.807) is 0 Å².